The van der Waals surface area contributed by atoms with Crippen LogP contribution < -0.4 is 0 Å². The fourth-order valence-corrected chi connectivity index (χ4v) is 8.61. The van der Waals surface area contributed by atoms with E-state index in [1.165, 1.54) is 49.2 Å². The lowest BCUT2D eigenvalue weighted by Crippen LogP contribution is -2.14. The number of para-hydroxylation sites is 1. The van der Waals surface area contributed by atoms with E-state index in [9.17, 15) is 0 Å². The van der Waals surface area contributed by atoms with E-state index in [2.05, 4.69) is 135 Å². The van der Waals surface area contributed by atoms with Crippen LogP contribution in [0.4, 0.5) is 0 Å². The molecule has 0 fully saturated rings. The van der Waals surface area contributed by atoms with E-state index < -0.39 is 0 Å². The van der Waals surface area contributed by atoms with Crippen LogP contribution in [-0.4, -0.2) is 15.0 Å². The second kappa shape index (κ2) is 10.7. The van der Waals surface area contributed by atoms with Gasteiger partial charge in [0.2, 0.25) is 0 Å². The van der Waals surface area contributed by atoms with Gasteiger partial charge in [-0.15, -0.1) is 0 Å². The van der Waals surface area contributed by atoms with Crippen molar-refractivity contribution in [2.24, 2.45) is 0 Å². The molecule has 1 aliphatic carbocycles. The summed E-state index contributed by atoms with van der Waals surface area (Å²) in [5, 5.41) is 9.40. The van der Waals surface area contributed by atoms with E-state index in [4.69, 9.17) is 19.4 Å². The summed E-state index contributed by atoms with van der Waals surface area (Å²) in [5.41, 5.74) is 9.76. The average molecular weight is 666 g/mol. The minimum atomic E-state index is -0.0731. The molecule has 52 heavy (non-hydrogen) atoms. The fraction of sp³-hybridized carbons (Fsp3) is 0.0625. The highest BCUT2D eigenvalue weighted by Crippen LogP contribution is 2.49. The molecule has 8 aromatic carbocycles. The molecule has 0 saturated carbocycles. The Hall–Kier alpha value is -6.65. The molecule has 0 bridgehead atoms. The van der Waals surface area contributed by atoms with Crippen molar-refractivity contribution in [3.63, 3.8) is 0 Å². The minimum absolute atomic E-state index is 0.0731. The maximum atomic E-state index is 6.36. The summed E-state index contributed by atoms with van der Waals surface area (Å²) in [6.45, 7) is 4.61. The Balaban J connectivity index is 1.17. The third-order valence-electron chi connectivity index (χ3n) is 11.1. The molecule has 4 heteroatoms. The molecule has 2 heterocycles. The molecule has 0 aliphatic heterocycles. The SMILES string of the molecule is CC1(C)c2ccccc2-c2cc(-c3nc(-c4ccccc4)nc(-c4ccc5c(c4)c4ccccc4c4ccc6oc7ccccc7c6c45)n3)ccc21. The topological polar surface area (TPSA) is 51.8 Å². The standard InChI is InChI=1S/C48H31N3O/c1-48(2)39-18-10-8-16-33(39)38-27-30(21-24-40(38)48)47-50-45(28-12-4-3-5-13-28)49-46(51-47)29-20-22-35-37(26-29)32-15-7-6-14-31(32)34-23-25-42-44(43(34)35)36-17-9-11-19-41(36)52-42/h3-27H,1-2H3. The Bertz CT molecular complexity index is 3100. The summed E-state index contributed by atoms with van der Waals surface area (Å²) >= 11 is 0. The Morgan fingerprint density at radius 1 is 0.385 bits per heavy atom. The van der Waals surface area contributed by atoms with Crippen molar-refractivity contribution in [3.05, 3.63) is 163 Å². The van der Waals surface area contributed by atoms with Crippen molar-refractivity contribution in [2.45, 2.75) is 19.3 Å². The second-order valence-corrected chi connectivity index (χ2v) is 14.4. The summed E-state index contributed by atoms with van der Waals surface area (Å²) in [7, 11) is 0. The largest absolute Gasteiger partial charge is 0.456 e. The molecular formula is C48H31N3O. The molecule has 0 radical (unpaired) electrons. The van der Waals surface area contributed by atoms with Crippen molar-refractivity contribution >= 4 is 54.3 Å². The molecule has 11 rings (SSSR count). The van der Waals surface area contributed by atoms with Gasteiger partial charge in [0.15, 0.2) is 17.5 Å². The second-order valence-electron chi connectivity index (χ2n) is 14.4. The lowest BCUT2D eigenvalue weighted by atomic mass is 9.82. The van der Waals surface area contributed by atoms with Crippen LogP contribution in [0.5, 0.6) is 0 Å². The quantitative estimate of drug-likeness (QED) is 0.176. The molecule has 4 nitrogen and oxygen atoms in total. The summed E-state index contributed by atoms with van der Waals surface area (Å²) < 4.78 is 6.36. The Labute approximate surface area is 300 Å². The summed E-state index contributed by atoms with van der Waals surface area (Å²) in [4.78, 5) is 15.4. The van der Waals surface area contributed by atoms with Crippen LogP contribution in [0.25, 0.3) is 99.5 Å². The van der Waals surface area contributed by atoms with Gasteiger partial charge in [-0.3, -0.25) is 0 Å². The average Bonchev–Trinajstić information content (AvgIpc) is 3.69. The van der Waals surface area contributed by atoms with E-state index in [1.54, 1.807) is 0 Å². The number of aromatic nitrogens is 3. The van der Waals surface area contributed by atoms with Gasteiger partial charge in [-0.25, -0.2) is 15.0 Å². The Morgan fingerprint density at radius 2 is 0.962 bits per heavy atom. The molecule has 0 atom stereocenters. The zero-order chi connectivity index (χ0) is 34.6. The Morgan fingerprint density at radius 3 is 1.77 bits per heavy atom. The number of furan rings is 1. The number of fused-ring (bicyclic) bond motifs is 13. The molecule has 0 N–H and O–H groups in total. The first-order valence-electron chi connectivity index (χ1n) is 17.8. The maximum absolute atomic E-state index is 6.36. The first kappa shape index (κ1) is 29.1. The smallest absolute Gasteiger partial charge is 0.164 e. The predicted octanol–water partition coefficient (Wildman–Crippen LogP) is 12.5. The molecule has 0 amide bonds. The summed E-state index contributed by atoms with van der Waals surface area (Å²) in [6, 6.07) is 53.6. The van der Waals surface area contributed by atoms with Crippen molar-refractivity contribution in [1.29, 1.82) is 0 Å². The molecule has 10 aromatic rings. The lowest BCUT2D eigenvalue weighted by molar-refractivity contribution is 0.660. The third-order valence-corrected chi connectivity index (χ3v) is 11.1. The third kappa shape index (κ3) is 4.12. The van der Waals surface area contributed by atoms with Crippen LogP contribution in [0.3, 0.4) is 0 Å². The van der Waals surface area contributed by atoms with Crippen molar-refractivity contribution in [1.82, 2.24) is 15.0 Å². The van der Waals surface area contributed by atoms with E-state index in [0.29, 0.717) is 17.5 Å². The van der Waals surface area contributed by atoms with Crippen LogP contribution >= 0.6 is 0 Å². The predicted molar refractivity (Wildman–Crippen MR) is 213 cm³/mol. The van der Waals surface area contributed by atoms with Gasteiger partial charge in [0.1, 0.15) is 11.2 Å². The van der Waals surface area contributed by atoms with Crippen LogP contribution in [0.2, 0.25) is 0 Å². The first-order valence-corrected chi connectivity index (χ1v) is 17.8. The van der Waals surface area contributed by atoms with Crippen molar-refractivity contribution < 1.29 is 4.42 Å². The number of hydrogen-bond donors (Lipinski definition) is 0. The van der Waals surface area contributed by atoms with E-state index in [0.717, 1.165) is 44.0 Å². The van der Waals surface area contributed by atoms with E-state index in [-0.39, 0.29) is 5.41 Å². The summed E-state index contributed by atoms with van der Waals surface area (Å²) in [6.07, 6.45) is 0. The number of rotatable bonds is 3. The van der Waals surface area contributed by atoms with Crippen molar-refractivity contribution in [3.8, 4) is 45.3 Å². The van der Waals surface area contributed by atoms with E-state index >= 15 is 0 Å². The van der Waals surface area contributed by atoms with Crippen molar-refractivity contribution in [2.75, 3.05) is 0 Å². The minimum Gasteiger partial charge on any atom is -0.456 e. The highest BCUT2D eigenvalue weighted by atomic mass is 16.3. The molecule has 244 valence electrons. The highest BCUT2D eigenvalue weighted by molar-refractivity contribution is 6.34. The maximum Gasteiger partial charge on any atom is 0.164 e. The van der Waals surface area contributed by atoms with Gasteiger partial charge in [-0.1, -0.05) is 135 Å². The first-order chi connectivity index (χ1) is 25.5. The van der Waals surface area contributed by atoms with E-state index in [1.807, 2.05) is 30.3 Å². The van der Waals surface area contributed by atoms with Gasteiger partial charge >= 0.3 is 0 Å². The van der Waals surface area contributed by atoms with Gasteiger partial charge in [-0.05, 0) is 79.5 Å². The molecule has 0 saturated heterocycles. The number of benzene rings is 8. The number of nitrogens with zero attached hydrogens (tertiary/aromatic N) is 3. The molecule has 0 spiro atoms. The van der Waals surface area contributed by atoms with Crippen LogP contribution in [0.1, 0.15) is 25.0 Å². The molecular weight excluding hydrogens is 635 g/mol. The van der Waals surface area contributed by atoms with Crippen LogP contribution in [0, 0.1) is 0 Å². The fourth-order valence-electron chi connectivity index (χ4n) is 8.61. The monoisotopic (exact) mass is 665 g/mol. The molecule has 1 aliphatic rings. The molecule has 0 unspecified atom stereocenters. The number of hydrogen-bond acceptors (Lipinski definition) is 4. The summed E-state index contributed by atoms with van der Waals surface area (Å²) in [5.74, 6) is 1.95. The van der Waals surface area contributed by atoms with Gasteiger partial charge < -0.3 is 4.42 Å². The zero-order valence-corrected chi connectivity index (χ0v) is 28.7. The zero-order valence-electron chi connectivity index (χ0n) is 28.7. The van der Waals surface area contributed by atoms with Gasteiger partial charge in [-0.2, -0.15) is 0 Å². The Kier molecular flexibility index (Phi) is 5.98. The molecule has 2 aromatic heterocycles. The van der Waals surface area contributed by atoms with Crippen LogP contribution in [-0.2, 0) is 5.41 Å². The highest BCUT2D eigenvalue weighted by Gasteiger charge is 2.35. The lowest BCUT2D eigenvalue weighted by Gasteiger charge is -2.21. The van der Waals surface area contributed by atoms with Gasteiger partial charge in [0.25, 0.3) is 0 Å². The van der Waals surface area contributed by atoms with Gasteiger partial charge in [0, 0.05) is 38.3 Å². The van der Waals surface area contributed by atoms with Crippen LogP contribution in [0.15, 0.2) is 156 Å². The van der Waals surface area contributed by atoms with Gasteiger partial charge in [0.05, 0.1) is 0 Å². The normalized spacial score (nSPS) is 13.3.